The Kier molecular flexibility index (Phi) is 8.70. The van der Waals surface area contributed by atoms with Crippen molar-refractivity contribution < 1.29 is 23.0 Å². The summed E-state index contributed by atoms with van der Waals surface area (Å²) in [6.45, 7) is 8.04. The molecule has 0 radical (unpaired) electrons. The summed E-state index contributed by atoms with van der Waals surface area (Å²) >= 11 is 1.73. The number of thioether (sulfide) groups is 1. The van der Waals surface area contributed by atoms with Crippen molar-refractivity contribution in [2.75, 3.05) is 18.6 Å². The van der Waals surface area contributed by atoms with Crippen molar-refractivity contribution in [3.05, 3.63) is 101 Å². The van der Waals surface area contributed by atoms with Crippen LogP contribution in [0.25, 0.3) is 15.7 Å². The Morgan fingerprint density at radius 2 is 1.84 bits per heavy atom. The standard InChI is InChI=1S/C29H24F2N2O3S/c1-32-27-17-24-26(18-29(27)35-12-3-13-37-2)33-11-10-28(24)36-23-9-6-20(25(31)16-23)15-22(34)14-19-4-7-21(30)8-5-19/h4-11,16-18H,3,12-15H2,2H3. The number of pyridine rings is 1. The molecule has 1 heterocycles. The van der Waals surface area contributed by atoms with Crippen LogP contribution in [0.1, 0.15) is 17.5 Å². The molecule has 0 aliphatic rings. The highest BCUT2D eigenvalue weighted by Crippen LogP contribution is 2.37. The summed E-state index contributed by atoms with van der Waals surface area (Å²) in [5.74, 6) is 0.984. The second kappa shape index (κ2) is 12.3. The van der Waals surface area contributed by atoms with Gasteiger partial charge in [0.2, 0.25) is 5.69 Å². The minimum Gasteiger partial charge on any atom is -0.505 e. The highest BCUT2D eigenvalue weighted by atomic mass is 32.2. The van der Waals surface area contributed by atoms with Crippen LogP contribution in [0.2, 0.25) is 0 Å². The molecule has 0 spiro atoms. The molecule has 0 aliphatic heterocycles. The smallest absolute Gasteiger partial charge is 0.229 e. The highest BCUT2D eigenvalue weighted by Gasteiger charge is 2.14. The van der Waals surface area contributed by atoms with Crippen LogP contribution in [-0.2, 0) is 17.6 Å². The third kappa shape index (κ3) is 6.83. The van der Waals surface area contributed by atoms with E-state index in [1.807, 2.05) is 6.26 Å². The van der Waals surface area contributed by atoms with Gasteiger partial charge >= 0.3 is 0 Å². The number of ether oxygens (including phenoxy) is 2. The fraction of sp³-hybridized carbons (Fsp3) is 0.207. The molecule has 188 valence electrons. The Morgan fingerprint density at radius 3 is 2.57 bits per heavy atom. The maximum atomic E-state index is 14.8. The first-order chi connectivity index (χ1) is 18.0. The number of benzene rings is 3. The first-order valence-corrected chi connectivity index (χ1v) is 13.0. The summed E-state index contributed by atoms with van der Waals surface area (Å²) in [6, 6.07) is 15.0. The van der Waals surface area contributed by atoms with Gasteiger partial charge in [-0.05, 0) is 66.0 Å². The van der Waals surface area contributed by atoms with Crippen molar-refractivity contribution in [1.29, 1.82) is 0 Å². The van der Waals surface area contributed by atoms with Crippen LogP contribution < -0.4 is 9.47 Å². The van der Waals surface area contributed by atoms with E-state index >= 15 is 0 Å². The van der Waals surface area contributed by atoms with Crippen LogP contribution in [0.15, 0.2) is 66.9 Å². The van der Waals surface area contributed by atoms with Gasteiger partial charge in [-0.1, -0.05) is 18.2 Å². The summed E-state index contributed by atoms with van der Waals surface area (Å²) in [5.41, 5.74) is 1.85. The van der Waals surface area contributed by atoms with Crippen molar-refractivity contribution in [3.63, 3.8) is 0 Å². The average molecular weight is 519 g/mol. The van der Waals surface area contributed by atoms with Gasteiger partial charge in [-0.15, -0.1) is 0 Å². The van der Waals surface area contributed by atoms with Crippen LogP contribution in [0.4, 0.5) is 14.5 Å². The van der Waals surface area contributed by atoms with E-state index in [9.17, 15) is 13.6 Å². The Labute approximate surface area is 218 Å². The Balaban J connectivity index is 1.49. The summed E-state index contributed by atoms with van der Waals surface area (Å²) in [5, 5.41) is 0.601. The fourth-order valence-corrected chi connectivity index (χ4v) is 4.19. The number of Topliss-reactive ketones (excluding diaryl/α,β-unsaturated/α-hetero) is 1. The van der Waals surface area contributed by atoms with Crippen molar-refractivity contribution in [2.45, 2.75) is 19.3 Å². The zero-order valence-corrected chi connectivity index (χ0v) is 21.0. The number of halogens is 2. The molecule has 0 saturated carbocycles. The summed E-state index contributed by atoms with van der Waals surface area (Å²) in [7, 11) is 0. The van der Waals surface area contributed by atoms with Crippen LogP contribution in [0.5, 0.6) is 17.2 Å². The minimum absolute atomic E-state index is 0.0875. The molecule has 5 nitrogen and oxygen atoms in total. The van der Waals surface area contributed by atoms with Gasteiger partial charge in [-0.3, -0.25) is 9.78 Å². The number of carbonyl (C=O) groups excluding carboxylic acids is 1. The molecule has 0 aliphatic carbocycles. The molecule has 0 N–H and O–H groups in total. The van der Waals surface area contributed by atoms with E-state index in [0.717, 1.165) is 12.2 Å². The summed E-state index contributed by atoms with van der Waals surface area (Å²) in [4.78, 5) is 20.3. The Bertz CT molecular complexity index is 1450. The van der Waals surface area contributed by atoms with E-state index < -0.39 is 5.82 Å². The SMILES string of the molecule is [C-]#[N+]c1cc2c(Oc3ccc(CC(=O)Cc4ccc(F)cc4)c(F)c3)ccnc2cc1OCCCSC. The van der Waals surface area contributed by atoms with Gasteiger partial charge in [0.1, 0.15) is 34.7 Å². The second-order valence-corrected chi connectivity index (χ2v) is 9.31. The Morgan fingerprint density at radius 1 is 1.03 bits per heavy atom. The average Bonchev–Trinajstić information content (AvgIpc) is 2.89. The monoisotopic (exact) mass is 518 g/mol. The second-order valence-electron chi connectivity index (χ2n) is 8.33. The number of nitrogens with zero attached hydrogens (tertiary/aromatic N) is 2. The number of rotatable bonds is 11. The lowest BCUT2D eigenvalue weighted by molar-refractivity contribution is -0.117. The topological polar surface area (TPSA) is 52.8 Å². The van der Waals surface area contributed by atoms with Crippen LogP contribution in [0, 0.1) is 18.2 Å². The maximum absolute atomic E-state index is 14.8. The van der Waals surface area contributed by atoms with E-state index in [2.05, 4.69) is 9.83 Å². The lowest BCUT2D eigenvalue weighted by Gasteiger charge is -2.13. The summed E-state index contributed by atoms with van der Waals surface area (Å²) in [6.07, 6.45) is 4.47. The Hall–Kier alpha value is -3.96. The third-order valence-electron chi connectivity index (χ3n) is 5.61. The molecule has 8 heteroatoms. The maximum Gasteiger partial charge on any atom is 0.229 e. The van der Waals surface area contributed by atoms with Gasteiger partial charge < -0.3 is 9.47 Å². The molecule has 0 amide bonds. The third-order valence-corrected chi connectivity index (χ3v) is 6.30. The van der Waals surface area contributed by atoms with Crippen molar-refractivity contribution in [1.82, 2.24) is 4.98 Å². The molecule has 0 unspecified atom stereocenters. The minimum atomic E-state index is -0.564. The molecular formula is C29H24F2N2O3S. The molecule has 3 aromatic carbocycles. The predicted molar refractivity (Wildman–Crippen MR) is 142 cm³/mol. The number of hydrogen-bond acceptors (Lipinski definition) is 5. The zero-order chi connectivity index (χ0) is 26.2. The van der Waals surface area contributed by atoms with Crippen LogP contribution in [0.3, 0.4) is 0 Å². The van der Waals surface area contributed by atoms with Crippen molar-refractivity contribution >= 4 is 34.1 Å². The number of hydrogen-bond donors (Lipinski definition) is 0. The lowest BCUT2D eigenvalue weighted by Crippen LogP contribution is -2.08. The van der Waals surface area contributed by atoms with E-state index in [0.29, 0.717) is 40.3 Å². The molecule has 37 heavy (non-hydrogen) atoms. The molecule has 0 saturated heterocycles. The number of ketones is 1. The molecule has 4 rings (SSSR count). The molecule has 1 aromatic heterocycles. The molecule has 0 fully saturated rings. The van der Waals surface area contributed by atoms with E-state index in [4.69, 9.17) is 16.0 Å². The van der Waals surface area contributed by atoms with E-state index in [-0.39, 0.29) is 35.8 Å². The first-order valence-electron chi connectivity index (χ1n) is 11.6. The highest BCUT2D eigenvalue weighted by molar-refractivity contribution is 7.98. The summed E-state index contributed by atoms with van der Waals surface area (Å²) < 4.78 is 39.6. The number of carbonyl (C=O) groups is 1. The normalized spacial score (nSPS) is 10.8. The quantitative estimate of drug-likeness (QED) is 0.154. The number of aromatic nitrogens is 1. The fourth-order valence-electron chi connectivity index (χ4n) is 3.78. The van der Waals surface area contributed by atoms with Crippen molar-refractivity contribution in [2.24, 2.45) is 0 Å². The van der Waals surface area contributed by atoms with Gasteiger partial charge in [-0.2, -0.15) is 11.8 Å². The molecule has 0 bridgehead atoms. The predicted octanol–water partition coefficient (Wildman–Crippen LogP) is 7.34. The van der Waals surface area contributed by atoms with Gasteiger partial charge in [0.15, 0.2) is 0 Å². The van der Waals surface area contributed by atoms with Gasteiger partial charge in [0, 0.05) is 30.5 Å². The lowest BCUT2D eigenvalue weighted by atomic mass is 10.0. The molecular weight excluding hydrogens is 494 g/mol. The van der Waals surface area contributed by atoms with Gasteiger partial charge in [0.05, 0.1) is 18.7 Å². The van der Waals surface area contributed by atoms with E-state index in [1.165, 1.54) is 24.3 Å². The van der Waals surface area contributed by atoms with Crippen molar-refractivity contribution in [3.8, 4) is 17.2 Å². The van der Waals surface area contributed by atoms with Crippen LogP contribution >= 0.6 is 11.8 Å². The van der Waals surface area contributed by atoms with Gasteiger partial charge in [-0.25, -0.2) is 13.6 Å². The largest absolute Gasteiger partial charge is 0.505 e. The van der Waals surface area contributed by atoms with Crippen LogP contribution in [-0.4, -0.2) is 29.4 Å². The molecule has 4 aromatic rings. The first kappa shape index (κ1) is 26.1. The zero-order valence-electron chi connectivity index (χ0n) is 20.2. The van der Waals surface area contributed by atoms with Gasteiger partial charge in [0.25, 0.3) is 0 Å². The molecule has 0 atom stereocenters. The number of fused-ring (bicyclic) bond motifs is 1. The van der Waals surface area contributed by atoms with E-state index in [1.54, 1.807) is 54.4 Å².